The Kier molecular flexibility index (Phi) is 5.07. The summed E-state index contributed by atoms with van der Waals surface area (Å²) in [7, 11) is 0. The summed E-state index contributed by atoms with van der Waals surface area (Å²) in [6.45, 7) is 3.75. The number of hydrogen-bond acceptors (Lipinski definition) is 3. The fraction of sp³-hybridized carbons (Fsp3) is 0.474. The first-order chi connectivity index (χ1) is 12.2. The average molecular weight is 366 g/mol. The maximum Gasteiger partial charge on any atom is 0.416 e. The number of benzene rings is 1. The van der Waals surface area contributed by atoms with Gasteiger partial charge in [-0.3, -0.25) is 4.79 Å². The van der Waals surface area contributed by atoms with E-state index in [1.165, 1.54) is 6.07 Å². The third kappa shape index (κ3) is 4.08. The van der Waals surface area contributed by atoms with Gasteiger partial charge in [-0.25, -0.2) is 0 Å². The van der Waals surface area contributed by atoms with Gasteiger partial charge in [0.15, 0.2) is 5.76 Å². The van der Waals surface area contributed by atoms with Crippen LogP contribution in [0.15, 0.2) is 22.7 Å². The molecule has 1 heterocycles. The van der Waals surface area contributed by atoms with E-state index in [1.807, 2.05) is 13.8 Å². The minimum absolute atomic E-state index is 0.112. The molecule has 0 radical (unpaired) electrons. The number of halogens is 3. The quantitative estimate of drug-likeness (QED) is 0.807. The molecule has 7 heteroatoms. The van der Waals surface area contributed by atoms with Gasteiger partial charge in [0.1, 0.15) is 0 Å². The van der Waals surface area contributed by atoms with Crippen LogP contribution < -0.4 is 5.32 Å². The smallest absolute Gasteiger partial charge is 0.356 e. The SMILES string of the molecule is CC(C)CC(=O)Nc1cc(-c2onc3c2CCCC3)cc(C(F)(F)F)c1. The van der Waals surface area contributed by atoms with Crippen molar-refractivity contribution in [3.05, 3.63) is 35.0 Å². The second kappa shape index (κ2) is 7.13. The van der Waals surface area contributed by atoms with Crippen LogP contribution in [0.3, 0.4) is 0 Å². The van der Waals surface area contributed by atoms with E-state index >= 15 is 0 Å². The first-order valence-corrected chi connectivity index (χ1v) is 8.74. The van der Waals surface area contributed by atoms with E-state index in [2.05, 4.69) is 10.5 Å². The van der Waals surface area contributed by atoms with Gasteiger partial charge in [0.25, 0.3) is 0 Å². The van der Waals surface area contributed by atoms with Crippen molar-refractivity contribution in [2.24, 2.45) is 5.92 Å². The van der Waals surface area contributed by atoms with Crippen molar-refractivity contribution in [1.82, 2.24) is 5.16 Å². The fourth-order valence-corrected chi connectivity index (χ4v) is 3.19. The molecular formula is C19H21F3N2O2. The van der Waals surface area contributed by atoms with Crippen LogP contribution in [0.4, 0.5) is 18.9 Å². The van der Waals surface area contributed by atoms with Crippen LogP contribution in [0.1, 0.15) is 49.9 Å². The van der Waals surface area contributed by atoms with Crippen LogP contribution in [0, 0.1) is 5.92 Å². The van der Waals surface area contributed by atoms with Crippen molar-refractivity contribution in [2.75, 3.05) is 5.32 Å². The number of carbonyl (C=O) groups is 1. The van der Waals surface area contributed by atoms with Crippen molar-refractivity contribution >= 4 is 11.6 Å². The van der Waals surface area contributed by atoms with Crippen molar-refractivity contribution < 1.29 is 22.5 Å². The maximum atomic E-state index is 13.3. The largest absolute Gasteiger partial charge is 0.416 e. The van der Waals surface area contributed by atoms with Crippen LogP contribution in [0.25, 0.3) is 11.3 Å². The molecule has 1 aliphatic rings. The van der Waals surface area contributed by atoms with E-state index in [4.69, 9.17) is 4.52 Å². The normalized spacial score (nSPS) is 14.4. The number of anilines is 1. The number of nitrogens with zero attached hydrogens (tertiary/aromatic N) is 1. The molecule has 0 saturated heterocycles. The highest BCUT2D eigenvalue weighted by atomic mass is 19.4. The highest BCUT2D eigenvalue weighted by molar-refractivity contribution is 5.91. The molecule has 1 amide bonds. The molecule has 2 aromatic rings. The molecule has 26 heavy (non-hydrogen) atoms. The molecular weight excluding hydrogens is 345 g/mol. The topological polar surface area (TPSA) is 55.1 Å². The Balaban J connectivity index is 2.00. The monoisotopic (exact) mass is 366 g/mol. The van der Waals surface area contributed by atoms with Gasteiger partial charge >= 0.3 is 6.18 Å². The molecule has 0 saturated carbocycles. The molecule has 0 bridgehead atoms. The van der Waals surface area contributed by atoms with Gasteiger partial charge in [-0.05, 0) is 49.8 Å². The van der Waals surface area contributed by atoms with Gasteiger partial charge < -0.3 is 9.84 Å². The zero-order valence-corrected chi connectivity index (χ0v) is 14.7. The van der Waals surface area contributed by atoms with Crippen LogP contribution in [-0.2, 0) is 23.8 Å². The van der Waals surface area contributed by atoms with Crippen LogP contribution >= 0.6 is 0 Å². The molecule has 1 aliphatic carbocycles. The second-order valence-electron chi connectivity index (χ2n) is 7.09. The Morgan fingerprint density at radius 1 is 1.23 bits per heavy atom. The fourth-order valence-electron chi connectivity index (χ4n) is 3.19. The van der Waals surface area contributed by atoms with Crippen LogP contribution in [-0.4, -0.2) is 11.1 Å². The number of aryl methyl sites for hydroxylation is 1. The van der Waals surface area contributed by atoms with Crippen LogP contribution in [0.5, 0.6) is 0 Å². The number of amides is 1. The van der Waals surface area contributed by atoms with Gasteiger partial charge in [-0.1, -0.05) is 19.0 Å². The van der Waals surface area contributed by atoms with E-state index in [0.29, 0.717) is 5.76 Å². The Morgan fingerprint density at radius 2 is 1.96 bits per heavy atom. The van der Waals surface area contributed by atoms with Crippen LogP contribution in [0.2, 0.25) is 0 Å². The Labute approximate surface area is 149 Å². The van der Waals surface area contributed by atoms with E-state index in [-0.39, 0.29) is 29.5 Å². The van der Waals surface area contributed by atoms with Gasteiger partial charge in [-0.15, -0.1) is 0 Å². The predicted octanol–water partition coefficient (Wildman–Crippen LogP) is 5.22. The van der Waals surface area contributed by atoms with E-state index in [9.17, 15) is 18.0 Å². The van der Waals surface area contributed by atoms with Gasteiger partial charge in [0.05, 0.1) is 11.3 Å². The van der Waals surface area contributed by atoms with Crippen molar-refractivity contribution in [1.29, 1.82) is 0 Å². The van der Waals surface area contributed by atoms with E-state index < -0.39 is 11.7 Å². The average Bonchev–Trinajstić information content (AvgIpc) is 2.97. The highest BCUT2D eigenvalue weighted by Gasteiger charge is 2.32. The number of rotatable bonds is 4. The first kappa shape index (κ1) is 18.5. The standard InChI is InChI=1S/C19H21F3N2O2/c1-11(2)7-17(25)23-14-9-12(8-13(10-14)19(20,21)22)18-15-5-3-4-6-16(15)24-26-18/h8-11H,3-7H2,1-2H3,(H,23,25). The third-order valence-electron chi connectivity index (χ3n) is 4.36. The Hall–Kier alpha value is -2.31. The minimum Gasteiger partial charge on any atom is -0.356 e. The minimum atomic E-state index is -4.52. The summed E-state index contributed by atoms with van der Waals surface area (Å²) in [6, 6.07) is 3.51. The number of hydrogen-bond donors (Lipinski definition) is 1. The third-order valence-corrected chi connectivity index (χ3v) is 4.36. The predicted molar refractivity (Wildman–Crippen MR) is 91.7 cm³/mol. The summed E-state index contributed by atoms with van der Waals surface area (Å²) >= 11 is 0. The second-order valence-corrected chi connectivity index (χ2v) is 7.09. The summed E-state index contributed by atoms with van der Waals surface area (Å²) in [4.78, 5) is 12.0. The van der Waals surface area contributed by atoms with E-state index in [1.54, 1.807) is 0 Å². The number of nitrogens with one attached hydrogen (secondary N) is 1. The van der Waals surface area contributed by atoms with Gasteiger partial charge in [0.2, 0.25) is 5.91 Å². The summed E-state index contributed by atoms with van der Waals surface area (Å²) in [5, 5.41) is 6.58. The van der Waals surface area contributed by atoms with Crippen molar-refractivity contribution in [3.63, 3.8) is 0 Å². The molecule has 4 nitrogen and oxygen atoms in total. The highest BCUT2D eigenvalue weighted by Crippen LogP contribution is 2.38. The Bertz CT molecular complexity index is 810. The van der Waals surface area contributed by atoms with Crippen molar-refractivity contribution in [2.45, 2.75) is 52.1 Å². The molecule has 0 fully saturated rings. The number of carbonyl (C=O) groups excluding carboxylic acids is 1. The van der Waals surface area contributed by atoms with E-state index in [0.717, 1.165) is 49.1 Å². The van der Waals surface area contributed by atoms with Gasteiger partial charge in [-0.2, -0.15) is 13.2 Å². The molecule has 0 spiro atoms. The number of aromatic nitrogens is 1. The van der Waals surface area contributed by atoms with Crippen molar-refractivity contribution in [3.8, 4) is 11.3 Å². The molecule has 140 valence electrons. The maximum absolute atomic E-state index is 13.3. The molecule has 1 aromatic carbocycles. The summed E-state index contributed by atoms with van der Waals surface area (Å²) in [5.74, 6) is 0.164. The molecule has 1 N–H and O–H groups in total. The molecule has 0 unspecified atom stereocenters. The number of alkyl halides is 3. The molecule has 0 atom stereocenters. The zero-order chi connectivity index (χ0) is 18.9. The summed E-state index contributed by atoms with van der Waals surface area (Å²) in [6.07, 6.45) is -0.817. The zero-order valence-electron chi connectivity index (χ0n) is 14.7. The first-order valence-electron chi connectivity index (χ1n) is 8.74. The molecule has 3 rings (SSSR count). The molecule has 0 aliphatic heterocycles. The Morgan fingerprint density at radius 3 is 2.65 bits per heavy atom. The lowest BCUT2D eigenvalue weighted by Crippen LogP contribution is -2.15. The number of fused-ring (bicyclic) bond motifs is 1. The lowest BCUT2D eigenvalue weighted by Gasteiger charge is -2.14. The van der Waals surface area contributed by atoms with Gasteiger partial charge in [0, 0.05) is 23.2 Å². The summed E-state index contributed by atoms with van der Waals surface area (Å²) in [5.41, 5.74) is 1.26. The summed E-state index contributed by atoms with van der Waals surface area (Å²) < 4.78 is 45.3. The lowest BCUT2D eigenvalue weighted by atomic mass is 9.93. The lowest BCUT2D eigenvalue weighted by molar-refractivity contribution is -0.137. The molecule has 1 aromatic heterocycles.